The van der Waals surface area contributed by atoms with Gasteiger partial charge in [-0.15, -0.1) is 0 Å². The summed E-state index contributed by atoms with van der Waals surface area (Å²) in [6.07, 6.45) is 3.27. The zero-order valence-corrected chi connectivity index (χ0v) is 12.2. The number of rotatable bonds is 7. The standard InChI is InChI=1S/C13H26N2S/c1-6-15-13(5,11-14)9-7-8-10-16-12(2,3)4/h15H,6-10H2,1-5H3. The first kappa shape index (κ1) is 15.8. The molecule has 0 rings (SSSR count). The van der Waals surface area contributed by atoms with Crippen LogP contribution in [0.2, 0.25) is 0 Å². The van der Waals surface area contributed by atoms with Crippen molar-refractivity contribution >= 4 is 11.8 Å². The van der Waals surface area contributed by atoms with Crippen LogP contribution in [-0.2, 0) is 0 Å². The molecule has 0 aromatic heterocycles. The van der Waals surface area contributed by atoms with Crippen molar-refractivity contribution in [3.63, 3.8) is 0 Å². The first-order valence-corrected chi connectivity index (χ1v) is 7.12. The summed E-state index contributed by atoms with van der Waals surface area (Å²) in [7, 11) is 0. The first-order chi connectivity index (χ1) is 7.33. The maximum absolute atomic E-state index is 9.08. The highest BCUT2D eigenvalue weighted by Crippen LogP contribution is 2.25. The van der Waals surface area contributed by atoms with E-state index in [9.17, 15) is 0 Å². The lowest BCUT2D eigenvalue weighted by Gasteiger charge is -2.22. The summed E-state index contributed by atoms with van der Waals surface area (Å²) in [6, 6.07) is 2.37. The third-order valence-electron chi connectivity index (χ3n) is 2.42. The predicted octanol–water partition coefficient (Wildman–Crippen LogP) is 3.58. The molecule has 0 aromatic carbocycles. The lowest BCUT2D eigenvalue weighted by molar-refractivity contribution is 0.415. The molecule has 0 radical (unpaired) electrons. The van der Waals surface area contributed by atoms with Crippen LogP contribution in [-0.4, -0.2) is 22.6 Å². The second-order valence-corrected chi connectivity index (χ2v) is 7.31. The number of thioether (sulfide) groups is 1. The molecule has 0 saturated heterocycles. The average molecular weight is 242 g/mol. The van der Waals surface area contributed by atoms with Gasteiger partial charge in [-0.3, -0.25) is 5.32 Å². The molecular formula is C13H26N2S. The average Bonchev–Trinajstić information content (AvgIpc) is 2.16. The van der Waals surface area contributed by atoms with Crippen molar-refractivity contribution in [2.24, 2.45) is 0 Å². The van der Waals surface area contributed by atoms with E-state index in [2.05, 4.69) is 32.2 Å². The molecule has 1 atom stereocenters. The molecule has 0 bridgehead atoms. The third kappa shape index (κ3) is 8.01. The smallest absolute Gasteiger partial charge is 0.103 e. The summed E-state index contributed by atoms with van der Waals surface area (Å²) < 4.78 is 0.361. The molecule has 0 aliphatic rings. The van der Waals surface area contributed by atoms with Gasteiger partial charge >= 0.3 is 0 Å². The molecule has 0 aliphatic carbocycles. The fourth-order valence-electron chi connectivity index (χ4n) is 1.53. The molecule has 2 nitrogen and oxygen atoms in total. The zero-order chi connectivity index (χ0) is 12.7. The van der Waals surface area contributed by atoms with Gasteiger partial charge in [-0.05, 0) is 38.5 Å². The summed E-state index contributed by atoms with van der Waals surface area (Å²) >= 11 is 2.00. The largest absolute Gasteiger partial charge is 0.300 e. The Morgan fingerprint density at radius 1 is 1.19 bits per heavy atom. The van der Waals surface area contributed by atoms with Gasteiger partial charge in [-0.25, -0.2) is 0 Å². The molecule has 94 valence electrons. The molecule has 1 unspecified atom stereocenters. The van der Waals surface area contributed by atoms with Crippen molar-refractivity contribution in [3.8, 4) is 6.07 Å². The second-order valence-electron chi connectivity index (χ2n) is 5.39. The molecule has 0 aliphatic heterocycles. The minimum atomic E-state index is -0.332. The van der Waals surface area contributed by atoms with Gasteiger partial charge in [0.25, 0.3) is 0 Å². The Balaban J connectivity index is 3.69. The fourth-order valence-corrected chi connectivity index (χ4v) is 2.49. The third-order valence-corrected chi connectivity index (χ3v) is 3.78. The number of nitrogens with zero attached hydrogens (tertiary/aromatic N) is 1. The maximum atomic E-state index is 9.08. The Bertz CT molecular complexity index is 227. The molecule has 0 spiro atoms. The number of hydrogen-bond donors (Lipinski definition) is 1. The molecule has 1 N–H and O–H groups in total. The van der Waals surface area contributed by atoms with E-state index in [1.54, 1.807) is 0 Å². The van der Waals surface area contributed by atoms with Gasteiger partial charge in [0.2, 0.25) is 0 Å². The molecule has 0 saturated carbocycles. The highest BCUT2D eigenvalue weighted by Gasteiger charge is 2.21. The van der Waals surface area contributed by atoms with E-state index in [1.807, 2.05) is 25.6 Å². The second kappa shape index (κ2) is 7.19. The molecule has 0 fully saturated rings. The minimum absolute atomic E-state index is 0.332. The molecule has 16 heavy (non-hydrogen) atoms. The zero-order valence-electron chi connectivity index (χ0n) is 11.4. The summed E-state index contributed by atoms with van der Waals surface area (Å²) in [5, 5.41) is 12.3. The highest BCUT2D eigenvalue weighted by molar-refractivity contribution is 8.00. The van der Waals surface area contributed by atoms with E-state index in [4.69, 9.17) is 5.26 Å². The van der Waals surface area contributed by atoms with E-state index in [1.165, 1.54) is 12.2 Å². The van der Waals surface area contributed by atoms with Crippen LogP contribution in [0.3, 0.4) is 0 Å². The van der Waals surface area contributed by atoms with Gasteiger partial charge in [-0.2, -0.15) is 17.0 Å². The van der Waals surface area contributed by atoms with Gasteiger partial charge in [0.1, 0.15) is 5.54 Å². The van der Waals surface area contributed by atoms with E-state index >= 15 is 0 Å². The summed E-state index contributed by atoms with van der Waals surface area (Å²) in [5.41, 5.74) is -0.332. The fraction of sp³-hybridized carbons (Fsp3) is 0.923. The predicted molar refractivity (Wildman–Crippen MR) is 73.8 cm³/mol. The number of hydrogen-bond acceptors (Lipinski definition) is 3. The van der Waals surface area contributed by atoms with Gasteiger partial charge in [0.15, 0.2) is 0 Å². The first-order valence-electron chi connectivity index (χ1n) is 6.13. The Hall–Kier alpha value is -0.200. The Kier molecular flexibility index (Phi) is 7.10. The van der Waals surface area contributed by atoms with Crippen LogP contribution in [0, 0.1) is 11.3 Å². The van der Waals surface area contributed by atoms with Crippen molar-refractivity contribution in [1.29, 1.82) is 5.26 Å². The summed E-state index contributed by atoms with van der Waals surface area (Å²) in [4.78, 5) is 0. The van der Waals surface area contributed by atoms with Crippen LogP contribution in [0.25, 0.3) is 0 Å². The molecule has 3 heteroatoms. The van der Waals surface area contributed by atoms with E-state index < -0.39 is 0 Å². The monoisotopic (exact) mass is 242 g/mol. The van der Waals surface area contributed by atoms with Gasteiger partial charge in [-0.1, -0.05) is 27.7 Å². The van der Waals surface area contributed by atoms with Crippen LogP contribution in [0.1, 0.15) is 53.9 Å². The molecule has 0 amide bonds. The van der Waals surface area contributed by atoms with Crippen LogP contribution in [0.4, 0.5) is 0 Å². The summed E-state index contributed by atoms with van der Waals surface area (Å²) in [6.45, 7) is 11.6. The van der Waals surface area contributed by atoms with Crippen molar-refractivity contribution in [2.75, 3.05) is 12.3 Å². The normalized spacial score (nSPS) is 15.5. The van der Waals surface area contributed by atoms with Crippen molar-refractivity contribution < 1.29 is 0 Å². The Labute approximate surface area is 105 Å². The van der Waals surface area contributed by atoms with Crippen molar-refractivity contribution in [2.45, 2.75) is 64.2 Å². The lowest BCUT2D eigenvalue weighted by Crippen LogP contribution is -2.40. The van der Waals surface area contributed by atoms with Crippen molar-refractivity contribution in [1.82, 2.24) is 5.32 Å². The quantitative estimate of drug-likeness (QED) is 0.693. The van der Waals surface area contributed by atoms with Crippen LogP contribution >= 0.6 is 11.8 Å². The maximum Gasteiger partial charge on any atom is 0.103 e. The van der Waals surface area contributed by atoms with Gasteiger partial charge in [0, 0.05) is 4.75 Å². The van der Waals surface area contributed by atoms with Gasteiger partial charge < -0.3 is 0 Å². The topological polar surface area (TPSA) is 35.8 Å². The van der Waals surface area contributed by atoms with Gasteiger partial charge in [0.05, 0.1) is 6.07 Å². The molecule has 0 aromatic rings. The van der Waals surface area contributed by atoms with Crippen LogP contribution in [0.15, 0.2) is 0 Å². The number of nitriles is 1. The van der Waals surface area contributed by atoms with E-state index in [0.29, 0.717) is 4.75 Å². The Morgan fingerprint density at radius 2 is 1.81 bits per heavy atom. The van der Waals surface area contributed by atoms with Crippen LogP contribution < -0.4 is 5.32 Å². The number of nitrogens with one attached hydrogen (secondary N) is 1. The minimum Gasteiger partial charge on any atom is -0.300 e. The highest BCUT2D eigenvalue weighted by atomic mass is 32.2. The molecule has 0 heterocycles. The van der Waals surface area contributed by atoms with Crippen LogP contribution in [0.5, 0.6) is 0 Å². The lowest BCUT2D eigenvalue weighted by atomic mass is 9.97. The van der Waals surface area contributed by atoms with E-state index in [-0.39, 0.29) is 5.54 Å². The Morgan fingerprint density at radius 3 is 2.25 bits per heavy atom. The SMILES string of the molecule is CCNC(C)(C#N)CCCCSC(C)(C)C. The molecular weight excluding hydrogens is 216 g/mol. The number of unbranched alkanes of at least 4 members (excludes halogenated alkanes) is 1. The van der Waals surface area contributed by atoms with E-state index in [0.717, 1.165) is 19.4 Å². The summed E-state index contributed by atoms with van der Waals surface area (Å²) in [5.74, 6) is 1.19. The van der Waals surface area contributed by atoms with Crippen molar-refractivity contribution in [3.05, 3.63) is 0 Å².